The van der Waals surface area contributed by atoms with Gasteiger partial charge >= 0.3 is 0 Å². The minimum absolute atomic E-state index is 0.674. The van der Waals surface area contributed by atoms with Crippen molar-refractivity contribution in [3.63, 3.8) is 0 Å². The maximum atomic E-state index is 5.79. The second-order valence-electron chi connectivity index (χ2n) is 5.65. The van der Waals surface area contributed by atoms with Gasteiger partial charge in [-0.05, 0) is 17.7 Å². The van der Waals surface area contributed by atoms with Crippen molar-refractivity contribution in [2.75, 3.05) is 13.1 Å². The predicted molar refractivity (Wildman–Crippen MR) is 96.1 cm³/mol. The van der Waals surface area contributed by atoms with E-state index in [1.54, 1.807) is 0 Å². The van der Waals surface area contributed by atoms with Crippen LogP contribution in [0.3, 0.4) is 0 Å². The van der Waals surface area contributed by atoms with Gasteiger partial charge in [-0.3, -0.25) is 9.58 Å². The topological polar surface area (TPSA) is 47.1 Å². The number of hydrogen-bond acceptors (Lipinski definition) is 4. The second kappa shape index (κ2) is 7.55. The van der Waals surface area contributed by atoms with Crippen LogP contribution in [0, 0.1) is 0 Å². The minimum atomic E-state index is 0.674. The van der Waals surface area contributed by atoms with Crippen molar-refractivity contribution in [2.24, 2.45) is 12.8 Å². The van der Waals surface area contributed by atoms with Crippen LogP contribution in [0.25, 0.3) is 10.4 Å². The number of rotatable bonds is 7. The van der Waals surface area contributed by atoms with Gasteiger partial charge in [0.1, 0.15) is 0 Å². The van der Waals surface area contributed by atoms with Crippen molar-refractivity contribution in [3.05, 3.63) is 65.3 Å². The van der Waals surface area contributed by atoms with Crippen LogP contribution in [0.5, 0.6) is 0 Å². The average Bonchev–Trinajstić information content (AvgIpc) is 3.17. The predicted octanol–water partition coefficient (Wildman–Crippen LogP) is 3.11. The third kappa shape index (κ3) is 4.28. The molecule has 0 saturated heterocycles. The Labute approximate surface area is 141 Å². The van der Waals surface area contributed by atoms with Crippen LogP contribution in [-0.4, -0.2) is 27.8 Å². The number of aryl methyl sites for hydroxylation is 1. The highest BCUT2D eigenvalue weighted by molar-refractivity contribution is 7.15. The molecule has 0 saturated carbocycles. The van der Waals surface area contributed by atoms with Gasteiger partial charge in [0, 0.05) is 54.7 Å². The molecular formula is C18H22N4S. The molecule has 3 aromatic rings. The molecule has 0 atom stereocenters. The molecule has 2 heterocycles. The largest absolute Gasteiger partial charge is 0.329 e. The average molecular weight is 326 g/mol. The van der Waals surface area contributed by atoms with Gasteiger partial charge in [-0.15, -0.1) is 11.3 Å². The number of hydrogen-bond donors (Lipinski definition) is 1. The molecule has 0 spiro atoms. The molecule has 2 N–H and O–H groups in total. The number of nitrogens with zero attached hydrogens (tertiary/aromatic N) is 3. The van der Waals surface area contributed by atoms with E-state index in [1.807, 2.05) is 29.3 Å². The lowest BCUT2D eigenvalue weighted by Crippen LogP contribution is -2.28. The number of nitrogens with two attached hydrogens (primary N) is 1. The van der Waals surface area contributed by atoms with E-state index in [9.17, 15) is 0 Å². The summed E-state index contributed by atoms with van der Waals surface area (Å²) >= 11 is 1.83. The molecular weight excluding hydrogens is 304 g/mol. The third-order valence-electron chi connectivity index (χ3n) is 3.72. The van der Waals surface area contributed by atoms with E-state index in [0.29, 0.717) is 6.54 Å². The Morgan fingerprint density at radius 3 is 2.65 bits per heavy atom. The fourth-order valence-electron chi connectivity index (χ4n) is 2.63. The summed E-state index contributed by atoms with van der Waals surface area (Å²) in [6, 6.07) is 14.9. The molecule has 0 aliphatic rings. The van der Waals surface area contributed by atoms with Crippen LogP contribution in [0.4, 0.5) is 0 Å². The standard InChI is InChI=1S/C18H22N4S/c1-21-13-16(11-20-21)18-8-7-17(23-18)14-22(10-9-19)12-15-5-3-2-4-6-15/h2-8,11,13H,9-10,12,14,19H2,1H3. The Morgan fingerprint density at radius 1 is 1.13 bits per heavy atom. The van der Waals surface area contributed by atoms with E-state index in [0.717, 1.165) is 19.6 Å². The molecule has 23 heavy (non-hydrogen) atoms. The zero-order chi connectivity index (χ0) is 16.1. The molecule has 3 rings (SSSR count). The first-order chi connectivity index (χ1) is 11.2. The molecule has 0 radical (unpaired) electrons. The second-order valence-corrected chi connectivity index (χ2v) is 6.82. The van der Waals surface area contributed by atoms with E-state index < -0.39 is 0 Å². The summed E-state index contributed by atoms with van der Waals surface area (Å²) in [5, 5.41) is 4.24. The molecule has 0 bridgehead atoms. The highest BCUT2D eigenvalue weighted by Gasteiger charge is 2.10. The zero-order valence-electron chi connectivity index (χ0n) is 13.4. The highest BCUT2D eigenvalue weighted by atomic mass is 32.1. The van der Waals surface area contributed by atoms with Crippen molar-refractivity contribution < 1.29 is 0 Å². The van der Waals surface area contributed by atoms with Crippen molar-refractivity contribution in [1.82, 2.24) is 14.7 Å². The van der Waals surface area contributed by atoms with Crippen LogP contribution in [-0.2, 0) is 20.1 Å². The van der Waals surface area contributed by atoms with Crippen LogP contribution in [0.15, 0.2) is 54.9 Å². The molecule has 4 nitrogen and oxygen atoms in total. The Hall–Kier alpha value is -1.95. The number of benzene rings is 1. The third-order valence-corrected chi connectivity index (χ3v) is 4.84. The van der Waals surface area contributed by atoms with Crippen molar-refractivity contribution in [1.29, 1.82) is 0 Å². The monoisotopic (exact) mass is 326 g/mol. The molecule has 0 amide bonds. The molecule has 120 valence electrons. The van der Waals surface area contributed by atoms with E-state index in [-0.39, 0.29) is 0 Å². The van der Waals surface area contributed by atoms with E-state index in [2.05, 4.69) is 58.7 Å². The summed E-state index contributed by atoms with van der Waals surface area (Å²) < 4.78 is 1.84. The summed E-state index contributed by atoms with van der Waals surface area (Å²) in [6.45, 7) is 3.43. The maximum absolute atomic E-state index is 5.79. The lowest BCUT2D eigenvalue weighted by molar-refractivity contribution is 0.267. The van der Waals surface area contributed by atoms with Gasteiger partial charge < -0.3 is 5.73 Å². The minimum Gasteiger partial charge on any atom is -0.329 e. The lowest BCUT2D eigenvalue weighted by Gasteiger charge is -2.20. The Balaban J connectivity index is 1.69. The summed E-state index contributed by atoms with van der Waals surface area (Å²) in [4.78, 5) is 5.02. The Bertz CT molecular complexity index is 732. The fraction of sp³-hybridized carbons (Fsp3) is 0.278. The zero-order valence-corrected chi connectivity index (χ0v) is 14.2. The van der Waals surface area contributed by atoms with Gasteiger partial charge in [-0.1, -0.05) is 30.3 Å². The molecule has 0 unspecified atom stereocenters. The van der Waals surface area contributed by atoms with Crippen molar-refractivity contribution in [3.8, 4) is 10.4 Å². The maximum Gasteiger partial charge on any atom is 0.0576 e. The molecule has 2 aromatic heterocycles. The fourth-order valence-corrected chi connectivity index (χ4v) is 3.65. The quantitative estimate of drug-likeness (QED) is 0.726. The Kier molecular flexibility index (Phi) is 5.23. The summed E-state index contributed by atoms with van der Waals surface area (Å²) in [5.41, 5.74) is 8.29. The van der Waals surface area contributed by atoms with Crippen LogP contribution in [0.1, 0.15) is 10.4 Å². The van der Waals surface area contributed by atoms with Crippen LogP contribution < -0.4 is 5.73 Å². The lowest BCUT2D eigenvalue weighted by atomic mass is 10.2. The molecule has 0 aliphatic heterocycles. The van der Waals surface area contributed by atoms with E-state index in [4.69, 9.17) is 5.73 Å². The first kappa shape index (κ1) is 15.9. The van der Waals surface area contributed by atoms with Gasteiger partial charge in [0.15, 0.2) is 0 Å². The van der Waals surface area contributed by atoms with Crippen molar-refractivity contribution in [2.45, 2.75) is 13.1 Å². The summed E-state index contributed by atoms with van der Waals surface area (Å²) in [7, 11) is 1.95. The van der Waals surface area contributed by atoms with Gasteiger partial charge in [0.2, 0.25) is 0 Å². The van der Waals surface area contributed by atoms with Gasteiger partial charge in [-0.2, -0.15) is 5.10 Å². The van der Waals surface area contributed by atoms with Crippen molar-refractivity contribution >= 4 is 11.3 Å². The van der Waals surface area contributed by atoms with Crippen LogP contribution >= 0.6 is 11.3 Å². The SMILES string of the molecule is Cn1cc(-c2ccc(CN(CCN)Cc3ccccc3)s2)cn1. The van der Waals surface area contributed by atoms with Crippen LogP contribution in [0.2, 0.25) is 0 Å². The number of aromatic nitrogens is 2. The molecule has 5 heteroatoms. The molecule has 0 fully saturated rings. The van der Waals surface area contributed by atoms with E-state index >= 15 is 0 Å². The summed E-state index contributed by atoms with van der Waals surface area (Å²) in [5.74, 6) is 0. The van der Waals surface area contributed by atoms with Gasteiger partial charge in [0.05, 0.1) is 6.20 Å². The first-order valence-corrected chi connectivity index (χ1v) is 8.60. The Morgan fingerprint density at radius 2 is 1.96 bits per heavy atom. The van der Waals surface area contributed by atoms with E-state index in [1.165, 1.54) is 20.9 Å². The first-order valence-electron chi connectivity index (χ1n) is 7.78. The number of thiophene rings is 1. The summed E-state index contributed by atoms with van der Waals surface area (Å²) in [6.07, 6.45) is 3.97. The highest BCUT2D eigenvalue weighted by Crippen LogP contribution is 2.28. The molecule has 1 aromatic carbocycles. The smallest absolute Gasteiger partial charge is 0.0576 e. The molecule has 0 aliphatic carbocycles. The normalized spacial score (nSPS) is 11.3. The van der Waals surface area contributed by atoms with Gasteiger partial charge in [-0.25, -0.2) is 0 Å². The van der Waals surface area contributed by atoms with Gasteiger partial charge in [0.25, 0.3) is 0 Å².